The second-order valence-electron chi connectivity index (χ2n) is 8.43. The maximum Gasteiger partial charge on any atom is 0.408 e. The molecule has 0 spiro atoms. The molecule has 1 amide bonds. The van der Waals surface area contributed by atoms with Crippen molar-refractivity contribution in [3.8, 4) is 0 Å². The highest BCUT2D eigenvalue weighted by Gasteiger charge is 2.30. The molecule has 0 heterocycles. The maximum absolute atomic E-state index is 12.0. The zero-order valence-corrected chi connectivity index (χ0v) is 17.1. The molecule has 0 aromatic heterocycles. The molecule has 0 bridgehead atoms. The van der Waals surface area contributed by atoms with Crippen molar-refractivity contribution in [2.24, 2.45) is 0 Å². The van der Waals surface area contributed by atoms with Crippen molar-refractivity contribution in [1.82, 2.24) is 5.32 Å². The predicted molar refractivity (Wildman–Crippen MR) is 101 cm³/mol. The van der Waals surface area contributed by atoms with Gasteiger partial charge in [-0.15, -0.1) is 0 Å². The number of hydrogen-bond donors (Lipinski definition) is 3. The van der Waals surface area contributed by atoms with Gasteiger partial charge in [-0.05, 0) is 44.7 Å². The third-order valence-electron chi connectivity index (χ3n) is 3.30. The summed E-state index contributed by atoms with van der Waals surface area (Å²) in [5, 5.41) is 22.4. The smallest absolute Gasteiger partial charge is 0.408 e. The van der Waals surface area contributed by atoms with Gasteiger partial charge in [-0.25, -0.2) is 9.59 Å². The number of ether oxygens (including phenoxy) is 2. The molecule has 26 heavy (non-hydrogen) atoms. The Hall–Kier alpha value is -1.25. The topological polar surface area (TPSA) is 105 Å². The summed E-state index contributed by atoms with van der Waals surface area (Å²) in [5.41, 5.74) is -0.456. The molecule has 8 heteroatoms. The van der Waals surface area contributed by atoms with Gasteiger partial charge in [0.15, 0.2) is 0 Å². The lowest BCUT2D eigenvalue weighted by Crippen LogP contribution is -2.43. The summed E-state index contributed by atoms with van der Waals surface area (Å²) in [5.74, 6) is 0. The predicted octanol–water partition coefficient (Wildman–Crippen LogP) is 2.99. The Morgan fingerprint density at radius 1 is 0.962 bits per heavy atom. The highest BCUT2D eigenvalue weighted by Crippen LogP contribution is 2.27. The summed E-state index contributed by atoms with van der Waals surface area (Å²) in [7, 11) is 0. The van der Waals surface area contributed by atoms with Crippen molar-refractivity contribution in [2.45, 2.75) is 89.1 Å². The van der Waals surface area contributed by atoms with Crippen LogP contribution in [0.3, 0.4) is 0 Å². The van der Waals surface area contributed by atoms with Crippen molar-refractivity contribution in [2.75, 3.05) is 0 Å². The standard InChI is InChI=1S/C18H31NO6S/c1-17(2,3)19-15(22)24-11-7-8-12(10-14(21)13(20)9-11)25-16(23)26-18(4,5)6/h7-8,11-14,20-21H,9-10H2,1-6H3,(H,19,22)/b8-7+. The molecule has 0 aromatic rings. The average molecular weight is 390 g/mol. The van der Waals surface area contributed by atoms with E-state index < -0.39 is 41.3 Å². The Bertz CT molecular complexity index is 477. The Morgan fingerprint density at radius 2 is 1.42 bits per heavy atom. The quantitative estimate of drug-likeness (QED) is 0.492. The number of thioether (sulfide) groups is 1. The third-order valence-corrected chi connectivity index (χ3v) is 4.18. The van der Waals surface area contributed by atoms with Crippen LogP contribution in [0.1, 0.15) is 54.4 Å². The van der Waals surface area contributed by atoms with Gasteiger partial charge < -0.3 is 25.0 Å². The van der Waals surface area contributed by atoms with E-state index in [9.17, 15) is 19.8 Å². The molecule has 0 radical (unpaired) electrons. The molecule has 0 saturated carbocycles. The van der Waals surface area contributed by atoms with Gasteiger partial charge in [0.2, 0.25) is 0 Å². The van der Waals surface area contributed by atoms with E-state index >= 15 is 0 Å². The molecule has 0 aliphatic heterocycles. The lowest BCUT2D eigenvalue weighted by atomic mass is 9.97. The van der Waals surface area contributed by atoms with Crippen molar-refractivity contribution >= 4 is 23.2 Å². The number of hydrogen-bond acceptors (Lipinski definition) is 7. The molecular weight excluding hydrogens is 358 g/mol. The van der Waals surface area contributed by atoms with Crippen LogP contribution in [0.5, 0.6) is 0 Å². The average Bonchev–Trinajstić information content (AvgIpc) is 2.38. The van der Waals surface area contributed by atoms with Crippen molar-refractivity contribution in [3.63, 3.8) is 0 Å². The van der Waals surface area contributed by atoms with Crippen molar-refractivity contribution in [3.05, 3.63) is 12.2 Å². The Kier molecular flexibility index (Phi) is 7.98. The fourth-order valence-electron chi connectivity index (χ4n) is 2.24. The number of nitrogens with one attached hydrogen (secondary N) is 1. The van der Waals surface area contributed by atoms with Crippen LogP contribution < -0.4 is 5.32 Å². The zero-order chi connectivity index (χ0) is 20.1. The number of amides is 1. The van der Waals surface area contributed by atoms with E-state index in [2.05, 4.69) is 5.32 Å². The van der Waals surface area contributed by atoms with E-state index in [-0.39, 0.29) is 17.6 Å². The van der Waals surface area contributed by atoms with E-state index in [0.717, 1.165) is 11.8 Å². The van der Waals surface area contributed by atoms with Gasteiger partial charge in [0.05, 0.1) is 12.2 Å². The number of carbonyl (C=O) groups is 2. The van der Waals surface area contributed by atoms with Gasteiger partial charge in [-0.2, -0.15) is 0 Å². The van der Waals surface area contributed by atoms with E-state index in [4.69, 9.17) is 9.47 Å². The van der Waals surface area contributed by atoms with Gasteiger partial charge in [0.1, 0.15) is 12.2 Å². The van der Waals surface area contributed by atoms with Crippen LogP contribution in [0.25, 0.3) is 0 Å². The Balaban J connectivity index is 2.77. The first kappa shape index (κ1) is 22.8. The number of alkyl carbamates (subject to hydrolysis) is 1. The van der Waals surface area contributed by atoms with E-state index in [1.54, 1.807) is 12.2 Å². The molecule has 0 saturated heterocycles. The molecule has 1 aliphatic rings. The Morgan fingerprint density at radius 3 is 1.85 bits per heavy atom. The molecule has 4 atom stereocenters. The van der Waals surface area contributed by atoms with Gasteiger partial charge in [-0.1, -0.05) is 20.8 Å². The number of aliphatic hydroxyl groups is 2. The van der Waals surface area contributed by atoms with Crippen LogP contribution in [0, 0.1) is 0 Å². The minimum Gasteiger partial charge on any atom is -0.450 e. The maximum atomic E-state index is 12.0. The summed E-state index contributed by atoms with van der Waals surface area (Å²) < 4.78 is 10.4. The monoisotopic (exact) mass is 389 g/mol. The molecule has 7 nitrogen and oxygen atoms in total. The lowest BCUT2D eigenvalue weighted by Gasteiger charge is -2.28. The minimum absolute atomic E-state index is 0.0621. The Labute approximate surface area is 159 Å². The first-order valence-corrected chi connectivity index (χ1v) is 9.50. The van der Waals surface area contributed by atoms with E-state index in [0.29, 0.717) is 0 Å². The fourth-order valence-corrected chi connectivity index (χ4v) is 2.91. The second-order valence-corrected chi connectivity index (χ2v) is 10.2. The molecule has 1 aliphatic carbocycles. The number of carbonyl (C=O) groups excluding carboxylic acids is 2. The summed E-state index contributed by atoms with van der Waals surface area (Å²) in [6, 6.07) is 0. The molecule has 1 rings (SSSR count). The SMILES string of the molecule is CC(C)(C)NC(=O)OC1/C=C/C(OC(=O)SC(C)(C)C)CC(O)C(O)C1. The van der Waals surface area contributed by atoms with Crippen molar-refractivity contribution in [1.29, 1.82) is 0 Å². The zero-order valence-electron chi connectivity index (χ0n) is 16.3. The van der Waals surface area contributed by atoms with Gasteiger partial charge in [-0.3, -0.25) is 0 Å². The summed E-state index contributed by atoms with van der Waals surface area (Å²) in [6.45, 7) is 11.1. The highest BCUT2D eigenvalue weighted by atomic mass is 32.2. The first-order valence-electron chi connectivity index (χ1n) is 8.68. The number of rotatable bonds is 2. The van der Waals surface area contributed by atoms with Crippen LogP contribution in [0.15, 0.2) is 12.2 Å². The second kappa shape index (κ2) is 9.10. The van der Waals surface area contributed by atoms with Gasteiger partial charge in [0, 0.05) is 23.1 Å². The van der Waals surface area contributed by atoms with E-state index in [1.165, 1.54) is 0 Å². The van der Waals surface area contributed by atoms with Gasteiger partial charge >= 0.3 is 11.4 Å². The third kappa shape index (κ3) is 9.45. The summed E-state index contributed by atoms with van der Waals surface area (Å²) in [6.07, 6.45) is -0.939. The first-order chi connectivity index (χ1) is 11.7. The van der Waals surface area contributed by atoms with Crippen molar-refractivity contribution < 1.29 is 29.3 Å². The van der Waals surface area contributed by atoms with Crippen LogP contribution in [-0.4, -0.2) is 56.3 Å². The molecule has 150 valence electrons. The summed E-state index contributed by atoms with van der Waals surface area (Å²) >= 11 is 1.05. The minimum atomic E-state index is -1.09. The van der Waals surface area contributed by atoms with E-state index in [1.807, 2.05) is 41.5 Å². The molecule has 4 unspecified atom stereocenters. The lowest BCUT2D eigenvalue weighted by molar-refractivity contribution is -0.0293. The number of aliphatic hydroxyl groups excluding tert-OH is 2. The molecule has 3 N–H and O–H groups in total. The highest BCUT2D eigenvalue weighted by molar-refractivity contribution is 8.14. The normalized spacial score (nSPS) is 28.5. The van der Waals surface area contributed by atoms with Crippen LogP contribution >= 0.6 is 11.8 Å². The molecule has 0 fully saturated rings. The van der Waals surface area contributed by atoms with Gasteiger partial charge in [0.25, 0.3) is 0 Å². The molecular formula is C18H31NO6S. The van der Waals surface area contributed by atoms with Crippen LogP contribution in [-0.2, 0) is 9.47 Å². The van der Waals surface area contributed by atoms with Crippen LogP contribution in [0.4, 0.5) is 9.59 Å². The largest absolute Gasteiger partial charge is 0.450 e. The summed E-state index contributed by atoms with van der Waals surface area (Å²) in [4.78, 5) is 23.9. The molecule has 0 aromatic carbocycles. The van der Waals surface area contributed by atoms with Crippen LogP contribution in [0.2, 0.25) is 0 Å². The fraction of sp³-hybridized carbons (Fsp3) is 0.778.